The summed E-state index contributed by atoms with van der Waals surface area (Å²) in [7, 11) is 0. The Kier molecular flexibility index (Phi) is 7.69. The van der Waals surface area contributed by atoms with Crippen LogP contribution in [0, 0.1) is 5.82 Å². The molecule has 3 heterocycles. The topological polar surface area (TPSA) is 116 Å². The Morgan fingerprint density at radius 1 is 0.974 bits per heavy atom. The molecule has 204 valence electrons. The number of fused-ring (bicyclic) bond motifs is 1. The van der Waals surface area contributed by atoms with Gasteiger partial charge in [-0.1, -0.05) is 18.2 Å². The predicted molar refractivity (Wildman–Crippen MR) is 137 cm³/mol. The number of imide groups is 2. The number of ether oxygens (including phenoxy) is 1. The van der Waals surface area contributed by atoms with E-state index in [1.807, 2.05) is 0 Å². The molecule has 2 aromatic carbocycles. The number of nitrogens with zero attached hydrogens (tertiary/aromatic N) is 3. The van der Waals surface area contributed by atoms with Crippen LogP contribution in [0.3, 0.4) is 0 Å². The van der Waals surface area contributed by atoms with E-state index in [1.54, 1.807) is 29.2 Å². The Labute approximate surface area is 224 Å². The van der Waals surface area contributed by atoms with Gasteiger partial charge < -0.3 is 14.5 Å². The van der Waals surface area contributed by atoms with Gasteiger partial charge in [-0.3, -0.25) is 34.2 Å². The van der Waals surface area contributed by atoms with E-state index in [0.29, 0.717) is 39.2 Å². The third-order valence-corrected chi connectivity index (χ3v) is 7.29. The number of benzene rings is 2. The van der Waals surface area contributed by atoms with Gasteiger partial charge in [0.05, 0.1) is 23.3 Å². The molecule has 2 saturated heterocycles. The Bertz CT molecular complexity index is 1330. The lowest BCUT2D eigenvalue weighted by atomic mass is 10.0. The van der Waals surface area contributed by atoms with Gasteiger partial charge in [-0.25, -0.2) is 4.39 Å². The Hall–Kier alpha value is -4.12. The quantitative estimate of drug-likeness (QED) is 0.424. The number of nitrogens with one attached hydrogen (secondary N) is 1. The fourth-order valence-electron chi connectivity index (χ4n) is 5.28. The number of hydrogen-bond acceptors (Lipinski definition) is 7. The maximum atomic E-state index is 14.1. The molecule has 3 aliphatic rings. The van der Waals surface area contributed by atoms with E-state index in [9.17, 15) is 28.4 Å². The highest BCUT2D eigenvalue weighted by molar-refractivity contribution is 6.24. The zero-order valence-corrected chi connectivity index (χ0v) is 21.4. The monoisotopic (exact) mass is 536 g/mol. The van der Waals surface area contributed by atoms with Crippen molar-refractivity contribution in [3.63, 3.8) is 0 Å². The first-order chi connectivity index (χ1) is 18.8. The molecule has 0 radical (unpaired) electrons. The number of carbonyl (C=O) groups excluding carboxylic acids is 5. The molecule has 0 saturated carbocycles. The number of hydrogen-bond donors (Lipinski definition) is 1. The zero-order chi connectivity index (χ0) is 27.5. The molecule has 2 aromatic rings. The summed E-state index contributed by atoms with van der Waals surface area (Å²) in [5.41, 5.74) is 0.387. The largest absolute Gasteiger partial charge is 0.493 e. The average Bonchev–Trinajstić information content (AvgIpc) is 3.06. The summed E-state index contributed by atoms with van der Waals surface area (Å²) in [4.78, 5) is 67.5. The standard InChI is InChI=1S/C28H29FN4O6/c29-20-8-2-1-6-18(20)26(36)32-14-4-12-31(15-16-32)13-5-17-39-22-9-3-7-19-24(22)28(38)33(27(19)37)21-10-11-23(34)30-25(21)35/h1-3,6-9,21H,4-5,10-17H2,(H,30,34,35). The second-order valence-electron chi connectivity index (χ2n) is 9.80. The van der Waals surface area contributed by atoms with Gasteiger partial charge in [-0.2, -0.15) is 0 Å². The summed E-state index contributed by atoms with van der Waals surface area (Å²) in [6.07, 6.45) is 1.55. The number of carbonyl (C=O) groups is 5. The van der Waals surface area contributed by atoms with Crippen molar-refractivity contribution < 1.29 is 33.1 Å². The number of piperidine rings is 1. The number of rotatable bonds is 7. The molecule has 0 aliphatic carbocycles. The molecule has 10 nitrogen and oxygen atoms in total. The lowest BCUT2D eigenvalue weighted by Crippen LogP contribution is -2.54. The van der Waals surface area contributed by atoms with Gasteiger partial charge >= 0.3 is 0 Å². The molecule has 0 bridgehead atoms. The molecule has 5 amide bonds. The minimum Gasteiger partial charge on any atom is -0.493 e. The van der Waals surface area contributed by atoms with E-state index in [1.165, 1.54) is 18.2 Å². The highest BCUT2D eigenvalue weighted by atomic mass is 19.1. The number of amides is 5. The number of halogens is 1. The van der Waals surface area contributed by atoms with Crippen LogP contribution in [0.5, 0.6) is 5.75 Å². The van der Waals surface area contributed by atoms with Gasteiger partial charge in [-0.05, 0) is 50.1 Å². The summed E-state index contributed by atoms with van der Waals surface area (Å²) in [5.74, 6) is -2.81. The summed E-state index contributed by atoms with van der Waals surface area (Å²) in [6.45, 7) is 3.48. The molecule has 1 atom stereocenters. The normalized spacial score (nSPS) is 20.1. The maximum Gasteiger partial charge on any atom is 0.266 e. The first-order valence-electron chi connectivity index (χ1n) is 13.1. The summed E-state index contributed by atoms with van der Waals surface area (Å²) in [5, 5.41) is 2.19. The highest BCUT2D eigenvalue weighted by Gasteiger charge is 2.46. The van der Waals surface area contributed by atoms with Gasteiger partial charge in [0, 0.05) is 32.6 Å². The molecular weight excluding hydrogens is 507 g/mol. The van der Waals surface area contributed by atoms with Crippen LogP contribution < -0.4 is 10.1 Å². The molecule has 11 heteroatoms. The van der Waals surface area contributed by atoms with Crippen molar-refractivity contribution in [3.05, 3.63) is 65.0 Å². The Balaban J connectivity index is 1.14. The smallest absolute Gasteiger partial charge is 0.266 e. The van der Waals surface area contributed by atoms with Crippen molar-refractivity contribution in [2.24, 2.45) is 0 Å². The SMILES string of the molecule is O=C1CCC(N2C(=O)c3cccc(OCCCN4CCCN(C(=O)c5ccccc5F)CC4)c3C2=O)C(=O)N1. The first-order valence-corrected chi connectivity index (χ1v) is 13.1. The molecule has 39 heavy (non-hydrogen) atoms. The minimum atomic E-state index is -1.03. The third-order valence-electron chi connectivity index (χ3n) is 7.29. The van der Waals surface area contributed by atoms with Crippen LogP contribution in [0.2, 0.25) is 0 Å². The van der Waals surface area contributed by atoms with Crippen molar-refractivity contribution >= 4 is 29.5 Å². The molecule has 3 aliphatic heterocycles. The van der Waals surface area contributed by atoms with Crippen molar-refractivity contribution in [2.75, 3.05) is 39.3 Å². The van der Waals surface area contributed by atoms with Crippen LogP contribution in [-0.2, 0) is 9.59 Å². The highest BCUT2D eigenvalue weighted by Crippen LogP contribution is 2.33. The summed E-state index contributed by atoms with van der Waals surface area (Å²) in [6, 6.07) is 9.74. The van der Waals surface area contributed by atoms with Crippen LogP contribution in [0.1, 0.15) is 56.8 Å². The van der Waals surface area contributed by atoms with Crippen LogP contribution in [0.25, 0.3) is 0 Å². The molecular formula is C28H29FN4O6. The maximum absolute atomic E-state index is 14.1. The second-order valence-corrected chi connectivity index (χ2v) is 9.80. The van der Waals surface area contributed by atoms with Crippen LogP contribution in [-0.4, -0.2) is 89.6 Å². The van der Waals surface area contributed by atoms with Crippen molar-refractivity contribution in [3.8, 4) is 5.75 Å². The van der Waals surface area contributed by atoms with E-state index >= 15 is 0 Å². The predicted octanol–water partition coefficient (Wildman–Crippen LogP) is 1.84. The van der Waals surface area contributed by atoms with Crippen molar-refractivity contribution in [1.29, 1.82) is 0 Å². The first kappa shape index (κ1) is 26.5. The fourth-order valence-corrected chi connectivity index (χ4v) is 5.28. The molecule has 0 aromatic heterocycles. The molecule has 2 fully saturated rings. The Morgan fingerprint density at radius 2 is 1.79 bits per heavy atom. The van der Waals surface area contributed by atoms with Crippen LogP contribution in [0.15, 0.2) is 42.5 Å². The third kappa shape index (κ3) is 5.40. The van der Waals surface area contributed by atoms with Crippen LogP contribution in [0.4, 0.5) is 4.39 Å². The van der Waals surface area contributed by atoms with E-state index < -0.39 is 35.5 Å². The second kappa shape index (κ2) is 11.3. The minimum absolute atomic E-state index is 0.0543. The lowest BCUT2D eigenvalue weighted by Gasteiger charge is -2.27. The van der Waals surface area contributed by atoms with E-state index in [2.05, 4.69) is 10.2 Å². The lowest BCUT2D eigenvalue weighted by molar-refractivity contribution is -0.136. The molecule has 1 unspecified atom stereocenters. The van der Waals surface area contributed by atoms with Gasteiger partial charge in [0.1, 0.15) is 17.6 Å². The molecule has 5 rings (SSSR count). The van der Waals surface area contributed by atoms with Gasteiger partial charge in [0.2, 0.25) is 11.8 Å². The van der Waals surface area contributed by atoms with E-state index in [-0.39, 0.29) is 41.2 Å². The van der Waals surface area contributed by atoms with E-state index in [0.717, 1.165) is 17.9 Å². The fraction of sp³-hybridized carbons (Fsp3) is 0.393. The van der Waals surface area contributed by atoms with Gasteiger partial charge in [0.15, 0.2) is 0 Å². The van der Waals surface area contributed by atoms with Crippen molar-refractivity contribution in [2.45, 2.75) is 31.7 Å². The summed E-state index contributed by atoms with van der Waals surface area (Å²) < 4.78 is 20.0. The molecule has 0 spiro atoms. The van der Waals surface area contributed by atoms with Gasteiger partial charge in [-0.15, -0.1) is 0 Å². The van der Waals surface area contributed by atoms with Crippen LogP contribution >= 0.6 is 0 Å². The molecule has 1 N–H and O–H groups in total. The Morgan fingerprint density at radius 3 is 2.59 bits per heavy atom. The van der Waals surface area contributed by atoms with Crippen molar-refractivity contribution in [1.82, 2.24) is 20.0 Å². The summed E-state index contributed by atoms with van der Waals surface area (Å²) >= 11 is 0. The zero-order valence-electron chi connectivity index (χ0n) is 21.4. The van der Waals surface area contributed by atoms with E-state index in [4.69, 9.17) is 4.74 Å². The average molecular weight is 537 g/mol. The van der Waals surface area contributed by atoms with Gasteiger partial charge in [0.25, 0.3) is 17.7 Å².